The van der Waals surface area contributed by atoms with Crippen LogP contribution in [0.4, 0.5) is 0 Å². The number of hydrogen-bond donors (Lipinski definition) is 4. The van der Waals surface area contributed by atoms with E-state index in [1.807, 2.05) is 0 Å². The lowest BCUT2D eigenvalue weighted by Crippen LogP contribution is -2.34. The molecule has 4 atom stereocenters. The van der Waals surface area contributed by atoms with Crippen LogP contribution in [0.3, 0.4) is 0 Å². The zero-order valence-electron chi connectivity index (χ0n) is 7.33. The highest BCUT2D eigenvalue weighted by Crippen LogP contribution is 2.37. The van der Waals surface area contributed by atoms with Gasteiger partial charge in [0.15, 0.2) is 0 Å². The molecule has 0 aromatic rings. The summed E-state index contributed by atoms with van der Waals surface area (Å²) in [5.41, 5.74) is 0. The Balaban J connectivity index is 2.91. The molecule has 0 amide bonds. The minimum atomic E-state index is -1.33. The van der Waals surface area contributed by atoms with E-state index in [-0.39, 0.29) is 6.42 Å². The van der Waals surface area contributed by atoms with Gasteiger partial charge < -0.3 is 20.4 Å². The van der Waals surface area contributed by atoms with Crippen LogP contribution in [-0.2, 0) is 9.59 Å². The molecule has 0 aromatic heterocycles. The summed E-state index contributed by atoms with van der Waals surface area (Å²) in [6.45, 7) is -0.419. The zero-order valence-corrected chi connectivity index (χ0v) is 7.33. The van der Waals surface area contributed by atoms with Gasteiger partial charge in [0.1, 0.15) is 0 Å². The Morgan fingerprint density at radius 2 is 1.64 bits per heavy atom. The molecule has 1 saturated carbocycles. The van der Waals surface area contributed by atoms with Gasteiger partial charge >= 0.3 is 11.9 Å². The van der Waals surface area contributed by atoms with Crippen LogP contribution in [0.5, 0.6) is 0 Å². The van der Waals surface area contributed by atoms with Crippen molar-refractivity contribution in [2.45, 2.75) is 12.5 Å². The molecule has 1 fully saturated rings. The molecule has 0 radical (unpaired) electrons. The summed E-state index contributed by atoms with van der Waals surface area (Å²) < 4.78 is 0. The van der Waals surface area contributed by atoms with Crippen molar-refractivity contribution >= 4 is 11.9 Å². The largest absolute Gasteiger partial charge is 0.481 e. The first kappa shape index (κ1) is 10.9. The fourth-order valence-electron chi connectivity index (χ4n) is 2.00. The number of carboxylic acids is 2. The maximum absolute atomic E-state index is 10.7. The molecule has 0 aromatic carbocycles. The Labute approximate surface area is 79.8 Å². The summed E-state index contributed by atoms with van der Waals surface area (Å²) in [4.78, 5) is 21.4. The predicted octanol–water partition coefficient (Wildman–Crippen LogP) is -1.24. The second kappa shape index (κ2) is 3.93. The number of carbonyl (C=O) groups is 2. The molecule has 6 heteroatoms. The predicted molar refractivity (Wildman–Crippen MR) is 43.5 cm³/mol. The Kier molecular flexibility index (Phi) is 3.07. The number of carboxylic acid groups (broad SMARTS) is 2. The first-order chi connectivity index (χ1) is 6.49. The molecule has 6 nitrogen and oxygen atoms in total. The third-order valence-corrected chi connectivity index (χ3v) is 2.66. The Morgan fingerprint density at radius 1 is 1.14 bits per heavy atom. The van der Waals surface area contributed by atoms with Gasteiger partial charge in [0.05, 0.1) is 17.9 Å². The van der Waals surface area contributed by atoms with Gasteiger partial charge in [-0.3, -0.25) is 9.59 Å². The summed E-state index contributed by atoms with van der Waals surface area (Å²) in [6.07, 6.45) is -1.17. The van der Waals surface area contributed by atoms with Gasteiger partial charge in [0, 0.05) is 6.61 Å². The van der Waals surface area contributed by atoms with Gasteiger partial charge in [0.25, 0.3) is 0 Å². The van der Waals surface area contributed by atoms with Crippen LogP contribution >= 0.6 is 0 Å². The van der Waals surface area contributed by atoms with Gasteiger partial charge in [-0.1, -0.05) is 0 Å². The fraction of sp³-hybridized carbons (Fsp3) is 0.750. The number of rotatable bonds is 3. The van der Waals surface area contributed by atoms with Crippen molar-refractivity contribution in [1.82, 2.24) is 0 Å². The molecule has 0 bridgehead atoms. The lowest BCUT2D eigenvalue weighted by atomic mass is 9.89. The molecule has 4 N–H and O–H groups in total. The molecule has 1 aliphatic carbocycles. The van der Waals surface area contributed by atoms with Crippen molar-refractivity contribution in [2.75, 3.05) is 6.61 Å². The number of aliphatic hydroxyl groups excluding tert-OH is 2. The third kappa shape index (κ3) is 1.71. The number of aliphatic carboxylic acids is 2. The van der Waals surface area contributed by atoms with E-state index in [2.05, 4.69) is 0 Å². The smallest absolute Gasteiger partial charge is 0.310 e. The minimum absolute atomic E-state index is 0.0183. The SMILES string of the molecule is O=C(O)[C@@H]1[C@H](CO)C[C@H](O)[C@@H]1C(=O)O. The average molecular weight is 204 g/mol. The normalized spacial score (nSPS) is 37.0. The van der Waals surface area contributed by atoms with Crippen LogP contribution in [0.15, 0.2) is 0 Å². The van der Waals surface area contributed by atoms with Crippen molar-refractivity contribution in [3.63, 3.8) is 0 Å². The van der Waals surface area contributed by atoms with Crippen LogP contribution in [0.25, 0.3) is 0 Å². The van der Waals surface area contributed by atoms with Gasteiger partial charge in [-0.05, 0) is 12.3 Å². The van der Waals surface area contributed by atoms with E-state index in [0.717, 1.165) is 0 Å². The van der Waals surface area contributed by atoms with Crippen molar-refractivity contribution < 1.29 is 30.0 Å². The first-order valence-electron chi connectivity index (χ1n) is 4.23. The molecule has 0 unspecified atom stereocenters. The molecule has 0 heterocycles. The van der Waals surface area contributed by atoms with E-state index in [0.29, 0.717) is 0 Å². The summed E-state index contributed by atoms with van der Waals surface area (Å²) >= 11 is 0. The molecule has 0 saturated heterocycles. The average Bonchev–Trinajstić information content (AvgIpc) is 2.41. The zero-order chi connectivity index (χ0) is 10.9. The van der Waals surface area contributed by atoms with E-state index >= 15 is 0 Å². The summed E-state index contributed by atoms with van der Waals surface area (Å²) in [7, 11) is 0. The molecule has 1 rings (SSSR count). The van der Waals surface area contributed by atoms with Crippen LogP contribution < -0.4 is 0 Å². The van der Waals surface area contributed by atoms with Crippen LogP contribution in [-0.4, -0.2) is 45.1 Å². The standard InChI is InChI=1S/C8H12O6/c9-2-3-1-4(10)6(8(13)14)5(3)7(11)12/h3-6,9-10H,1-2H2,(H,11,12)(H,13,14)/t3-,4-,5+,6-/m0/s1. The van der Waals surface area contributed by atoms with Gasteiger partial charge in [-0.25, -0.2) is 0 Å². The topological polar surface area (TPSA) is 115 Å². The highest BCUT2D eigenvalue weighted by atomic mass is 16.4. The van der Waals surface area contributed by atoms with Crippen molar-refractivity contribution in [1.29, 1.82) is 0 Å². The lowest BCUT2D eigenvalue weighted by Gasteiger charge is -2.16. The fourth-order valence-corrected chi connectivity index (χ4v) is 2.00. The van der Waals surface area contributed by atoms with Gasteiger partial charge in [-0.2, -0.15) is 0 Å². The van der Waals surface area contributed by atoms with E-state index in [9.17, 15) is 14.7 Å². The van der Waals surface area contributed by atoms with E-state index in [1.165, 1.54) is 0 Å². The number of hydrogen-bond acceptors (Lipinski definition) is 4. The maximum atomic E-state index is 10.7. The summed E-state index contributed by atoms with van der Waals surface area (Å²) in [6, 6.07) is 0. The summed E-state index contributed by atoms with van der Waals surface area (Å²) in [5.74, 6) is -5.81. The highest BCUT2D eigenvalue weighted by Gasteiger charge is 2.50. The lowest BCUT2D eigenvalue weighted by molar-refractivity contribution is -0.156. The highest BCUT2D eigenvalue weighted by molar-refractivity contribution is 5.81. The summed E-state index contributed by atoms with van der Waals surface area (Å²) in [5, 5.41) is 35.6. The first-order valence-corrected chi connectivity index (χ1v) is 4.23. The second-order valence-corrected chi connectivity index (χ2v) is 3.47. The molecule has 14 heavy (non-hydrogen) atoms. The Bertz CT molecular complexity index is 250. The Morgan fingerprint density at radius 3 is 2.00 bits per heavy atom. The molecule has 80 valence electrons. The molecular weight excluding hydrogens is 192 g/mol. The van der Waals surface area contributed by atoms with Crippen molar-refractivity contribution in [3.05, 3.63) is 0 Å². The maximum Gasteiger partial charge on any atom is 0.310 e. The van der Waals surface area contributed by atoms with Gasteiger partial charge in [0.2, 0.25) is 0 Å². The van der Waals surface area contributed by atoms with Crippen molar-refractivity contribution in [2.24, 2.45) is 17.8 Å². The van der Waals surface area contributed by atoms with Crippen LogP contribution in [0.2, 0.25) is 0 Å². The molecule has 0 spiro atoms. The van der Waals surface area contributed by atoms with E-state index in [4.69, 9.17) is 15.3 Å². The van der Waals surface area contributed by atoms with E-state index < -0.39 is 42.4 Å². The van der Waals surface area contributed by atoms with E-state index in [1.54, 1.807) is 0 Å². The minimum Gasteiger partial charge on any atom is -0.481 e. The Hall–Kier alpha value is -1.14. The molecular formula is C8H12O6. The van der Waals surface area contributed by atoms with Crippen LogP contribution in [0.1, 0.15) is 6.42 Å². The second-order valence-electron chi connectivity index (χ2n) is 3.47. The number of aliphatic hydroxyl groups is 2. The third-order valence-electron chi connectivity index (χ3n) is 2.66. The van der Waals surface area contributed by atoms with Gasteiger partial charge in [-0.15, -0.1) is 0 Å². The quantitative estimate of drug-likeness (QED) is 0.457. The van der Waals surface area contributed by atoms with Crippen LogP contribution in [0, 0.1) is 17.8 Å². The monoisotopic (exact) mass is 204 g/mol. The van der Waals surface area contributed by atoms with Crippen molar-refractivity contribution in [3.8, 4) is 0 Å². The molecule has 0 aliphatic heterocycles. The molecule has 1 aliphatic rings.